The highest BCUT2D eigenvalue weighted by molar-refractivity contribution is 7.80. The molecule has 0 bridgehead atoms. The molecule has 1 N–H and O–H groups in total. The highest BCUT2D eigenvalue weighted by atomic mass is 35.7. The molecule has 0 aliphatic heterocycles. The lowest BCUT2D eigenvalue weighted by molar-refractivity contribution is 0.401. The Balaban J connectivity index is 3.04. The number of halogens is 5. The Bertz CT molecular complexity index is 453. The highest BCUT2D eigenvalue weighted by Gasteiger charge is 2.24. The van der Waals surface area contributed by atoms with Gasteiger partial charge in [-0.3, -0.25) is 0 Å². The summed E-state index contributed by atoms with van der Waals surface area (Å²) in [4.78, 5) is 8.88. The molecule has 17 heavy (non-hydrogen) atoms. The van der Waals surface area contributed by atoms with Gasteiger partial charge in [-0.2, -0.15) is 0 Å². The van der Waals surface area contributed by atoms with Crippen molar-refractivity contribution >= 4 is 64.6 Å². The van der Waals surface area contributed by atoms with Gasteiger partial charge in [-0.05, 0) is 11.6 Å². The molecule has 0 fully saturated rings. The smallest absolute Gasteiger partial charge is 0.412 e. The minimum absolute atomic E-state index is 0.0334. The SMILES string of the molecule is O=P(O)(Cl)Oc1cccc(CC(Cl)(Cl)Cl)c1Cl. The normalized spacial score (nSPS) is 15.4. The Morgan fingerprint density at radius 3 is 2.41 bits per heavy atom. The summed E-state index contributed by atoms with van der Waals surface area (Å²) in [5.74, 6) is -0.0424. The van der Waals surface area contributed by atoms with Gasteiger partial charge in [-0.1, -0.05) is 58.5 Å². The van der Waals surface area contributed by atoms with E-state index in [-0.39, 0.29) is 17.2 Å². The molecule has 0 heterocycles. The van der Waals surface area contributed by atoms with E-state index in [1.165, 1.54) is 6.07 Å². The quantitative estimate of drug-likeness (QED) is 0.613. The topological polar surface area (TPSA) is 46.5 Å². The van der Waals surface area contributed by atoms with E-state index in [1.807, 2.05) is 0 Å². The van der Waals surface area contributed by atoms with Gasteiger partial charge in [0.1, 0.15) is 5.75 Å². The molecule has 0 spiro atoms. The molecule has 9 heteroatoms. The van der Waals surface area contributed by atoms with Gasteiger partial charge in [0.2, 0.25) is 0 Å². The van der Waals surface area contributed by atoms with Crippen molar-refractivity contribution < 1.29 is 14.0 Å². The lowest BCUT2D eigenvalue weighted by atomic mass is 10.1. The first kappa shape index (κ1) is 15.7. The van der Waals surface area contributed by atoms with E-state index in [4.69, 9.17) is 62.5 Å². The predicted octanol–water partition coefficient (Wildman–Crippen LogP) is 4.97. The number of benzene rings is 1. The number of rotatable bonds is 3. The molecule has 0 aliphatic rings. The molecule has 0 amide bonds. The van der Waals surface area contributed by atoms with Gasteiger partial charge in [0.25, 0.3) is 0 Å². The Hall–Kier alpha value is 0.660. The second-order valence-electron chi connectivity index (χ2n) is 3.06. The fourth-order valence-electron chi connectivity index (χ4n) is 1.10. The fraction of sp³-hybridized carbons (Fsp3) is 0.250. The summed E-state index contributed by atoms with van der Waals surface area (Å²) in [6.07, 6.45) is 0.0334. The molecule has 1 rings (SSSR count). The van der Waals surface area contributed by atoms with E-state index in [1.54, 1.807) is 12.1 Å². The van der Waals surface area contributed by atoms with Gasteiger partial charge >= 0.3 is 6.95 Å². The molecule has 0 aliphatic carbocycles. The summed E-state index contributed by atoms with van der Waals surface area (Å²) in [6.45, 7) is -4.20. The first-order valence-corrected chi connectivity index (χ1v) is 8.14. The van der Waals surface area contributed by atoms with Gasteiger partial charge in [0.05, 0.1) is 5.02 Å². The summed E-state index contributed by atoms with van der Waals surface area (Å²) in [6, 6.07) is 4.53. The summed E-state index contributed by atoms with van der Waals surface area (Å²) in [5, 5.41) is 0.0775. The largest absolute Gasteiger partial charge is 0.474 e. The fourth-order valence-corrected chi connectivity index (χ4v) is 2.44. The molecular weight excluding hydrogens is 352 g/mol. The van der Waals surface area contributed by atoms with E-state index >= 15 is 0 Å². The van der Waals surface area contributed by atoms with Crippen LogP contribution in [0.4, 0.5) is 0 Å². The van der Waals surface area contributed by atoms with Crippen molar-refractivity contribution in [1.82, 2.24) is 0 Å². The first-order chi connectivity index (χ1) is 7.58. The molecule has 0 saturated heterocycles. The van der Waals surface area contributed by atoms with Gasteiger partial charge in [-0.25, -0.2) is 4.57 Å². The Labute approximate surface area is 123 Å². The van der Waals surface area contributed by atoms with Crippen LogP contribution in [0.5, 0.6) is 5.75 Å². The van der Waals surface area contributed by atoms with Crippen LogP contribution in [0.15, 0.2) is 18.2 Å². The molecule has 1 unspecified atom stereocenters. The number of hydrogen-bond donors (Lipinski definition) is 1. The summed E-state index contributed by atoms with van der Waals surface area (Å²) in [7, 11) is 0. The lowest BCUT2D eigenvalue weighted by Gasteiger charge is -2.14. The molecule has 3 nitrogen and oxygen atoms in total. The third-order valence-electron chi connectivity index (χ3n) is 1.65. The standard InChI is InChI=1S/C8H6Cl5O3P/c9-7-5(4-8(10,11)12)2-1-3-6(7)16-17(13,14)15/h1-3H,4H2,(H,14,15). The zero-order chi connectivity index (χ0) is 13.3. The third-order valence-corrected chi connectivity index (χ3v) is 3.10. The van der Waals surface area contributed by atoms with Gasteiger partial charge in [0.15, 0.2) is 3.79 Å². The van der Waals surface area contributed by atoms with E-state index in [0.717, 1.165) is 0 Å². The summed E-state index contributed by atoms with van der Waals surface area (Å²) in [5.41, 5.74) is 0.467. The molecule has 96 valence electrons. The molecular formula is C8H6Cl5O3P. The zero-order valence-corrected chi connectivity index (χ0v) is 12.7. The summed E-state index contributed by atoms with van der Waals surface area (Å²) >= 11 is 27.9. The molecule has 0 aromatic heterocycles. The molecule has 1 atom stereocenters. The molecule has 0 radical (unpaired) electrons. The van der Waals surface area contributed by atoms with Crippen LogP contribution in [0, 0.1) is 0 Å². The van der Waals surface area contributed by atoms with Crippen LogP contribution >= 0.6 is 64.6 Å². The second-order valence-corrected chi connectivity index (χ2v) is 8.33. The molecule has 1 aromatic rings. The Morgan fingerprint density at radius 2 is 1.94 bits per heavy atom. The third kappa shape index (κ3) is 5.89. The van der Waals surface area contributed by atoms with Crippen molar-refractivity contribution in [3.8, 4) is 5.75 Å². The maximum absolute atomic E-state index is 10.9. The Morgan fingerprint density at radius 1 is 1.35 bits per heavy atom. The van der Waals surface area contributed by atoms with Crippen molar-refractivity contribution in [2.24, 2.45) is 0 Å². The Kier molecular flexibility index (Phi) is 5.31. The monoisotopic (exact) mass is 356 g/mol. The molecule has 1 aromatic carbocycles. The van der Waals surface area contributed by atoms with Crippen molar-refractivity contribution in [1.29, 1.82) is 0 Å². The van der Waals surface area contributed by atoms with Gasteiger partial charge in [0, 0.05) is 17.7 Å². The van der Waals surface area contributed by atoms with Crippen molar-refractivity contribution in [2.45, 2.75) is 10.2 Å². The van der Waals surface area contributed by atoms with Gasteiger partial charge < -0.3 is 9.42 Å². The highest BCUT2D eigenvalue weighted by Crippen LogP contribution is 2.50. The van der Waals surface area contributed by atoms with Crippen molar-refractivity contribution in [3.05, 3.63) is 28.8 Å². The zero-order valence-electron chi connectivity index (χ0n) is 8.04. The van der Waals surface area contributed by atoms with Crippen LogP contribution in [0.25, 0.3) is 0 Å². The minimum atomic E-state index is -4.20. The minimum Gasteiger partial charge on any atom is -0.412 e. The van der Waals surface area contributed by atoms with Crippen molar-refractivity contribution in [2.75, 3.05) is 0 Å². The first-order valence-electron chi connectivity index (χ1n) is 4.15. The summed E-state index contributed by atoms with van der Waals surface area (Å²) < 4.78 is 14.0. The second kappa shape index (κ2) is 5.75. The van der Waals surface area contributed by atoms with Gasteiger partial charge in [-0.15, -0.1) is 0 Å². The van der Waals surface area contributed by atoms with Crippen LogP contribution in [0.2, 0.25) is 5.02 Å². The van der Waals surface area contributed by atoms with E-state index < -0.39 is 10.7 Å². The van der Waals surface area contributed by atoms with Crippen LogP contribution in [0.1, 0.15) is 5.56 Å². The average Bonchev–Trinajstić information content (AvgIpc) is 2.07. The maximum Gasteiger partial charge on any atom is 0.474 e. The maximum atomic E-state index is 10.9. The van der Waals surface area contributed by atoms with Crippen LogP contribution in [0.3, 0.4) is 0 Å². The van der Waals surface area contributed by atoms with E-state index in [9.17, 15) is 4.57 Å². The number of hydrogen-bond acceptors (Lipinski definition) is 2. The van der Waals surface area contributed by atoms with Crippen molar-refractivity contribution in [3.63, 3.8) is 0 Å². The van der Waals surface area contributed by atoms with Crippen LogP contribution in [-0.2, 0) is 11.0 Å². The molecule has 0 saturated carbocycles. The lowest BCUT2D eigenvalue weighted by Crippen LogP contribution is -2.07. The predicted molar refractivity (Wildman–Crippen MR) is 71.8 cm³/mol. The van der Waals surface area contributed by atoms with Crippen LogP contribution < -0.4 is 4.52 Å². The number of alkyl halides is 3. The van der Waals surface area contributed by atoms with E-state index in [0.29, 0.717) is 5.56 Å². The average molecular weight is 358 g/mol. The van der Waals surface area contributed by atoms with E-state index in [2.05, 4.69) is 4.52 Å². The van der Waals surface area contributed by atoms with Crippen LogP contribution in [-0.4, -0.2) is 8.69 Å².